The SMILES string of the molecule is C[C@H]1c2ccsc2CCN1C(=O)CCc1ccc(S(=O)(=O)N2CCCCCC2)cc1. The quantitative estimate of drug-likeness (QED) is 0.684. The summed E-state index contributed by atoms with van der Waals surface area (Å²) in [6.45, 7) is 4.10. The number of nitrogens with zero attached hydrogens (tertiary/aromatic N) is 2. The predicted octanol–water partition coefficient (Wildman–Crippen LogP) is 4.39. The highest BCUT2D eigenvalue weighted by atomic mass is 32.2. The minimum absolute atomic E-state index is 0.133. The van der Waals surface area contributed by atoms with E-state index in [9.17, 15) is 13.2 Å². The van der Waals surface area contributed by atoms with Crippen molar-refractivity contribution in [2.24, 2.45) is 0 Å². The van der Waals surface area contributed by atoms with Gasteiger partial charge in [-0.25, -0.2) is 8.42 Å². The van der Waals surface area contributed by atoms with E-state index < -0.39 is 10.0 Å². The van der Waals surface area contributed by atoms with Gasteiger partial charge in [-0.1, -0.05) is 25.0 Å². The molecule has 0 N–H and O–H groups in total. The Hall–Kier alpha value is -1.70. The Bertz CT molecular complexity index is 974. The Morgan fingerprint density at radius 2 is 1.73 bits per heavy atom. The molecule has 3 heterocycles. The molecule has 7 heteroatoms. The van der Waals surface area contributed by atoms with Crippen LogP contribution in [0.5, 0.6) is 0 Å². The van der Waals surface area contributed by atoms with Crippen molar-refractivity contribution in [1.82, 2.24) is 9.21 Å². The molecule has 1 atom stereocenters. The number of thiophene rings is 1. The topological polar surface area (TPSA) is 57.7 Å². The fourth-order valence-electron chi connectivity index (χ4n) is 4.50. The second-order valence-corrected chi connectivity index (χ2v) is 11.2. The van der Waals surface area contributed by atoms with Gasteiger partial charge in [0.15, 0.2) is 0 Å². The van der Waals surface area contributed by atoms with Crippen LogP contribution in [0.1, 0.15) is 61.1 Å². The van der Waals surface area contributed by atoms with Crippen LogP contribution in [0.2, 0.25) is 0 Å². The number of hydrogen-bond donors (Lipinski definition) is 0. The van der Waals surface area contributed by atoms with Crippen LogP contribution in [0.3, 0.4) is 0 Å². The van der Waals surface area contributed by atoms with Gasteiger partial charge >= 0.3 is 0 Å². The van der Waals surface area contributed by atoms with Crippen molar-refractivity contribution in [3.63, 3.8) is 0 Å². The first-order valence-corrected chi connectivity index (χ1v) is 13.2. The second-order valence-electron chi connectivity index (χ2n) is 8.27. The molecule has 1 amide bonds. The molecule has 4 rings (SSSR count). The molecule has 0 spiro atoms. The predicted molar refractivity (Wildman–Crippen MR) is 120 cm³/mol. The zero-order valence-corrected chi connectivity index (χ0v) is 19.2. The van der Waals surface area contributed by atoms with Gasteiger partial charge in [-0.15, -0.1) is 11.3 Å². The van der Waals surface area contributed by atoms with Gasteiger partial charge in [0, 0.05) is 30.9 Å². The van der Waals surface area contributed by atoms with Crippen molar-refractivity contribution < 1.29 is 13.2 Å². The molecule has 0 unspecified atom stereocenters. The van der Waals surface area contributed by atoms with Crippen LogP contribution in [0.4, 0.5) is 0 Å². The van der Waals surface area contributed by atoms with E-state index in [0.717, 1.165) is 44.2 Å². The lowest BCUT2D eigenvalue weighted by molar-refractivity contribution is -0.133. The molecular formula is C23H30N2O3S2. The van der Waals surface area contributed by atoms with E-state index in [2.05, 4.69) is 18.4 Å². The first-order chi connectivity index (χ1) is 14.5. The third-order valence-corrected chi connectivity index (χ3v) is 9.26. The third-order valence-electron chi connectivity index (χ3n) is 6.35. The van der Waals surface area contributed by atoms with Crippen LogP contribution in [0.25, 0.3) is 0 Å². The number of carbonyl (C=O) groups excluding carboxylic acids is 1. The van der Waals surface area contributed by atoms with Crippen molar-refractivity contribution in [2.45, 2.75) is 62.8 Å². The van der Waals surface area contributed by atoms with E-state index in [1.54, 1.807) is 27.8 Å². The van der Waals surface area contributed by atoms with Gasteiger partial charge in [0.1, 0.15) is 0 Å². The Kier molecular flexibility index (Phi) is 6.60. The Balaban J connectivity index is 1.36. The average Bonchev–Trinajstić information content (AvgIpc) is 3.06. The van der Waals surface area contributed by atoms with Crippen LogP contribution < -0.4 is 0 Å². The van der Waals surface area contributed by atoms with Gasteiger partial charge in [-0.3, -0.25) is 4.79 Å². The molecule has 162 valence electrons. The van der Waals surface area contributed by atoms with Crippen molar-refractivity contribution in [1.29, 1.82) is 0 Å². The normalized spacial score (nSPS) is 20.6. The molecule has 30 heavy (non-hydrogen) atoms. The summed E-state index contributed by atoms with van der Waals surface area (Å²) in [5.41, 5.74) is 2.28. The highest BCUT2D eigenvalue weighted by Crippen LogP contribution is 2.33. The fourth-order valence-corrected chi connectivity index (χ4v) is 6.98. The summed E-state index contributed by atoms with van der Waals surface area (Å²) >= 11 is 1.78. The van der Waals surface area contributed by atoms with E-state index in [0.29, 0.717) is 30.8 Å². The second kappa shape index (κ2) is 9.20. The van der Waals surface area contributed by atoms with Crippen LogP contribution in [-0.4, -0.2) is 43.2 Å². The van der Waals surface area contributed by atoms with Gasteiger partial charge in [0.25, 0.3) is 0 Å². The first-order valence-electron chi connectivity index (χ1n) is 10.9. The minimum atomic E-state index is -3.42. The van der Waals surface area contributed by atoms with Crippen molar-refractivity contribution in [3.8, 4) is 0 Å². The summed E-state index contributed by atoms with van der Waals surface area (Å²) < 4.78 is 27.4. The van der Waals surface area contributed by atoms with E-state index in [1.165, 1.54) is 10.4 Å². The molecule has 1 aromatic carbocycles. The smallest absolute Gasteiger partial charge is 0.243 e. The van der Waals surface area contributed by atoms with Gasteiger partial charge in [-0.05, 0) is 67.3 Å². The maximum absolute atomic E-state index is 12.9. The number of fused-ring (bicyclic) bond motifs is 1. The number of amides is 1. The number of rotatable bonds is 5. The maximum Gasteiger partial charge on any atom is 0.243 e. The molecule has 0 bridgehead atoms. The molecule has 0 aliphatic carbocycles. The summed E-state index contributed by atoms with van der Waals surface area (Å²) in [7, 11) is -3.42. The number of hydrogen-bond acceptors (Lipinski definition) is 4. The van der Waals surface area contributed by atoms with E-state index in [-0.39, 0.29) is 11.9 Å². The average molecular weight is 447 g/mol. The highest BCUT2D eigenvalue weighted by molar-refractivity contribution is 7.89. The van der Waals surface area contributed by atoms with E-state index in [4.69, 9.17) is 0 Å². The Morgan fingerprint density at radius 1 is 1.03 bits per heavy atom. The lowest BCUT2D eigenvalue weighted by Gasteiger charge is -2.33. The molecule has 1 saturated heterocycles. The van der Waals surface area contributed by atoms with E-state index in [1.807, 2.05) is 17.0 Å². The summed E-state index contributed by atoms with van der Waals surface area (Å²) in [5.74, 6) is 0.167. The van der Waals surface area contributed by atoms with Gasteiger partial charge in [0.05, 0.1) is 10.9 Å². The molecule has 2 aromatic rings. The number of sulfonamides is 1. The third kappa shape index (κ3) is 4.48. The molecular weight excluding hydrogens is 416 g/mol. The maximum atomic E-state index is 12.9. The van der Waals surface area contributed by atoms with Crippen molar-refractivity contribution >= 4 is 27.3 Å². The minimum Gasteiger partial charge on any atom is -0.336 e. The van der Waals surface area contributed by atoms with Crippen LogP contribution in [0, 0.1) is 0 Å². The molecule has 1 fully saturated rings. The fraction of sp³-hybridized carbons (Fsp3) is 0.522. The summed E-state index contributed by atoms with van der Waals surface area (Å²) in [6.07, 6.45) is 6.07. The molecule has 2 aliphatic rings. The standard InChI is InChI=1S/C23H30N2O3S2/c1-18-21-13-17-29-22(21)12-16-25(18)23(26)11-8-19-6-9-20(10-7-19)30(27,28)24-14-4-2-3-5-15-24/h6-7,9-10,13,17-18H,2-5,8,11-12,14-16H2,1H3/t18-/m0/s1. The Morgan fingerprint density at radius 3 is 2.43 bits per heavy atom. The lowest BCUT2D eigenvalue weighted by atomic mass is 10.0. The van der Waals surface area contributed by atoms with Gasteiger partial charge in [-0.2, -0.15) is 4.31 Å². The van der Waals surface area contributed by atoms with Crippen molar-refractivity contribution in [2.75, 3.05) is 19.6 Å². The van der Waals surface area contributed by atoms with Gasteiger partial charge < -0.3 is 4.90 Å². The van der Waals surface area contributed by atoms with E-state index >= 15 is 0 Å². The molecule has 0 saturated carbocycles. The lowest BCUT2D eigenvalue weighted by Crippen LogP contribution is -2.38. The molecule has 5 nitrogen and oxygen atoms in total. The van der Waals surface area contributed by atoms with Crippen LogP contribution in [0.15, 0.2) is 40.6 Å². The van der Waals surface area contributed by atoms with Crippen molar-refractivity contribution in [3.05, 3.63) is 51.7 Å². The Labute approximate surface area is 183 Å². The molecule has 1 aromatic heterocycles. The number of benzene rings is 1. The first kappa shape index (κ1) is 21.5. The largest absolute Gasteiger partial charge is 0.336 e. The summed E-state index contributed by atoms with van der Waals surface area (Å²) in [6, 6.07) is 9.37. The summed E-state index contributed by atoms with van der Waals surface area (Å²) in [4.78, 5) is 16.5. The van der Waals surface area contributed by atoms with Crippen LogP contribution >= 0.6 is 11.3 Å². The molecule has 0 radical (unpaired) electrons. The monoisotopic (exact) mass is 446 g/mol. The number of aryl methyl sites for hydroxylation is 1. The zero-order valence-electron chi connectivity index (χ0n) is 17.5. The summed E-state index contributed by atoms with van der Waals surface area (Å²) in [5, 5.41) is 2.11. The molecule has 2 aliphatic heterocycles. The number of carbonyl (C=O) groups is 1. The van der Waals surface area contributed by atoms with Gasteiger partial charge in [0.2, 0.25) is 15.9 Å². The van der Waals surface area contributed by atoms with Crippen LogP contribution in [-0.2, 0) is 27.7 Å². The zero-order chi connectivity index (χ0) is 21.1. The highest BCUT2D eigenvalue weighted by Gasteiger charge is 2.28.